The second-order valence-corrected chi connectivity index (χ2v) is 6.61. The average Bonchev–Trinajstić information content (AvgIpc) is 3.19. The number of anilines is 1. The van der Waals surface area contributed by atoms with Gasteiger partial charge in [-0.3, -0.25) is 14.4 Å². The first-order chi connectivity index (χ1) is 12.6. The maximum Gasteiger partial charge on any atom is 0.312 e. The van der Waals surface area contributed by atoms with Crippen molar-refractivity contribution < 1.29 is 14.4 Å². The van der Waals surface area contributed by atoms with Gasteiger partial charge in [-0.2, -0.15) is 0 Å². The number of carbonyl (C=O) groups excluding carboxylic acids is 3. The van der Waals surface area contributed by atoms with Crippen molar-refractivity contribution in [1.29, 1.82) is 0 Å². The molecule has 3 rings (SSSR count). The van der Waals surface area contributed by atoms with E-state index in [0.29, 0.717) is 26.2 Å². The number of rotatable bonds is 6. The lowest BCUT2D eigenvalue weighted by atomic mass is 10.2. The van der Waals surface area contributed by atoms with Crippen LogP contribution in [0.1, 0.15) is 25.3 Å². The van der Waals surface area contributed by atoms with Gasteiger partial charge in [-0.25, -0.2) is 4.98 Å². The third kappa shape index (κ3) is 4.12. The topological polar surface area (TPSA) is 85.8 Å². The first kappa shape index (κ1) is 18.2. The van der Waals surface area contributed by atoms with Gasteiger partial charge in [-0.15, -0.1) is 0 Å². The molecule has 1 aromatic rings. The normalized spacial score (nSPS) is 17.8. The van der Waals surface area contributed by atoms with Crippen LogP contribution in [0, 0.1) is 0 Å². The number of likely N-dealkylation sites (N-methyl/N-ethyl adjacent to an activating group) is 1. The molecule has 1 N–H and O–H groups in total. The van der Waals surface area contributed by atoms with Crippen LogP contribution in [0.15, 0.2) is 18.3 Å². The van der Waals surface area contributed by atoms with Crippen LogP contribution in [0.5, 0.6) is 0 Å². The molecule has 2 aliphatic rings. The number of hydrogen-bond donors (Lipinski definition) is 1. The van der Waals surface area contributed by atoms with Crippen LogP contribution in [0.2, 0.25) is 0 Å². The van der Waals surface area contributed by atoms with Crippen molar-refractivity contribution in [1.82, 2.24) is 20.1 Å². The third-order valence-electron chi connectivity index (χ3n) is 4.84. The van der Waals surface area contributed by atoms with Crippen molar-refractivity contribution in [3.05, 3.63) is 23.9 Å². The molecular formula is C18H25N5O3. The molecule has 2 aliphatic heterocycles. The van der Waals surface area contributed by atoms with Crippen LogP contribution < -0.4 is 10.2 Å². The van der Waals surface area contributed by atoms with Gasteiger partial charge in [0.25, 0.3) is 0 Å². The number of nitrogens with one attached hydrogen (secondary N) is 1. The van der Waals surface area contributed by atoms with Gasteiger partial charge in [0.1, 0.15) is 12.4 Å². The van der Waals surface area contributed by atoms with E-state index in [2.05, 4.69) is 15.2 Å². The van der Waals surface area contributed by atoms with E-state index < -0.39 is 11.8 Å². The summed E-state index contributed by atoms with van der Waals surface area (Å²) in [6, 6.07) is 3.93. The van der Waals surface area contributed by atoms with Gasteiger partial charge in [-0.05, 0) is 31.4 Å². The molecule has 0 bridgehead atoms. The van der Waals surface area contributed by atoms with Gasteiger partial charge in [-0.1, -0.05) is 6.07 Å². The summed E-state index contributed by atoms with van der Waals surface area (Å²) < 4.78 is 0. The summed E-state index contributed by atoms with van der Waals surface area (Å²) in [5.41, 5.74) is 0.902. The number of carbonyl (C=O) groups is 3. The molecule has 0 aliphatic carbocycles. The molecule has 140 valence electrons. The summed E-state index contributed by atoms with van der Waals surface area (Å²) in [6.07, 6.45) is 4.17. The molecule has 0 radical (unpaired) electrons. The Morgan fingerprint density at radius 1 is 1.08 bits per heavy atom. The standard InChI is InChI=1S/C18H25N5O3/c1-2-21-9-10-23(18(26)17(21)25)13-16(24)20-12-14-5-6-15(19-11-14)22-7-3-4-8-22/h5-6,11H,2-4,7-10,12-13H2,1H3,(H,20,24). The van der Waals surface area contributed by atoms with Crippen LogP contribution >= 0.6 is 0 Å². The van der Waals surface area contributed by atoms with Crippen LogP contribution in [-0.4, -0.2) is 71.8 Å². The first-order valence-corrected chi connectivity index (χ1v) is 9.13. The summed E-state index contributed by atoms with van der Waals surface area (Å²) >= 11 is 0. The molecule has 8 heteroatoms. The van der Waals surface area contributed by atoms with Crippen molar-refractivity contribution in [2.45, 2.75) is 26.3 Å². The lowest BCUT2D eigenvalue weighted by Crippen LogP contribution is -2.56. The Morgan fingerprint density at radius 3 is 2.42 bits per heavy atom. The van der Waals surface area contributed by atoms with Gasteiger partial charge in [0.05, 0.1) is 0 Å². The lowest BCUT2D eigenvalue weighted by Gasteiger charge is -2.32. The molecule has 0 atom stereocenters. The van der Waals surface area contributed by atoms with Crippen molar-refractivity contribution in [2.75, 3.05) is 44.2 Å². The van der Waals surface area contributed by atoms with E-state index >= 15 is 0 Å². The molecule has 1 aromatic heterocycles. The molecule has 3 heterocycles. The van der Waals surface area contributed by atoms with Crippen molar-refractivity contribution in [3.8, 4) is 0 Å². The Kier molecular flexibility index (Phi) is 5.70. The largest absolute Gasteiger partial charge is 0.357 e. The maximum atomic E-state index is 12.1. The highest BCUT2D eigenvalue weighted by molar-refractivity contribution is 6.35. The highest BCUT2D eigenvalue weighted by atomic mass is 16.2. The van der Waals surface area contributed by atoms with E-state index in [1.165, 1.54) is 22.6 Å². The van der Waals surface area contributed by atoms with Crippen LogP contribution in [0.3, 0.4) is 0 Å². The van der Waals surface area contributed by atoms with E-state index in [4.69, 9.17) is 0 Å². The minimum Gasteiger partial charge on any atom is -0.357 e. The van der Waals surface area contributed by atoms with E-state index in [0.717, 1.165) is 24.5 Å². The SMILES string of the molecule is CCN1CCN(CC(=O)NCc2ccc(N3CCCC3)nc2)C(=O)C1=O. The van der Waals surface area contributed by atoms with Crippen molar-refractivity contribution in [2.24, 2.45) is 0 Å². The minimum atomic E-state index is -0.607. The quantitative estimate of drug-likeness (QED) is 0.722. The van der Waals surface area contributed by atoms with E-state index in [9.17, 15) is 14.4 Å². The zero-order valence-corrected chi connectivity index (χ0v) is 15.1. The van der Waals surface area contributed by atoms with Gasteiger partial charge >= 0.3 is 11.8 Å². The minimum absolute atomic E-state index is 0.0958. The van der Waals surface area contributed by atoms with Gasteiger partial charge in [0.15, 0.2) is 0 Å². The van der Waals surface area contributed by atoms with Crippen molar-refractivity contribution in [3.63, 3.8) is 0 Å². The number of piperazine rings is 1. The fraction of sp³-hybridized carbons (Fsp3) is 0.556. The fourth-order valence-electron chi connectivity index (χ4n) is 3.25. The Hall–Kier alpha value is -2.64. The molecule has 0 spiro atoms. The third-order valence-corrected chi connectivity index (χ3v) is 4.84. The molecule has 3 amide bonds. The monoisotopic (exact) mass is 359 g/mol. The first-order valence-electron chi connectivity index (χ1n) is 9.13. The smallest absolute Gasteiger partial charge is 0.312 e. The van der Waals surface area contributed by atoms with E-state index in [-0.39, 0.29) is 12.5 Å². The number of aromatic nitrogens is 1. The number of amides is 3. The molecule has 0 unspecified atom stereocenters. The van der Waals surface area contributed by atoms with Gasteiger partial charge in [0, 0.05) is 45.5 Å². The summed E-state index contributed by atoms with van der Waals surface area (Å²) in [7, 11) is 0. The predicted octanol–water partition coefficient (Wildman–Crippen LogP) is -0.0113. The Labute approximate surface area is 153 Å². The molecular weight excluding hydrogens is 334 g/mol. The summed E-state index contributed by atoms with van der Waals surface area (Å²) in [5, 5.41) is 2.78. The summed E-state index contributed by atoms with van der Waals surface area (Å²) in [5.74, 6) is -0.451. The number of hydrogen-bond acceptors (Lipinski definition) is 5. The average molecular weight is 359 g/mol. The summed E-state index contributed by atoms with van der Waals surface area (Å²) in [6.45, 7) is 5.53. The molecule has 2 fully saturated rings. The number of nitrogens with zero attached hydrogens (tertiary/aromatic N) is 4. The van der Waals surface area contributed by atoms with Gasteiger partial charge in [0.2, 0.25) is 5.91 Å². The predicted molar refractivity (Wildman–Crippen MR) is 96.4 cm³/mol. The highest BCUT2D eigenvalue weighted by Gasteiger charge is 2.32. The van der Waals surface area contributed by atoms with E-state index in [1.807, 2.05) is 19.1 Å². The van der Waals surface area contributed by atoms with Crippen LogP contribution in [0.25, 0.3) is 0 Å². The second-order valence-electron chi connectivity index (χ2n) is 6.61. The zero-order valence-electron chi connectivity index (χ0n) is 15.1. The molecule has 2 saturated heterocycles. The van der Waals surface area contributed by atoms with E-state index in [1.54, 1.807) is 6.20 Å². The fourth-order valence-corrected chi connectivity index (χ4v) is 3.25. The maximum absolute atomic E-state index is 12.1. The second kappa shape index (κ2) is 8.16. The Balaban J connectivity index is 1.46. The van der Waals surface area contributed by atoms with Crippen molar-refractivity contribution >= 4 is 23.5 Å². The highest BCUT2D eigenvalue weighted by Crippen LogP contribution is 2.17. The van der Waals surface area contributed by atoms with Crippen LogP contribution in [-0.2, 0) is 20.9 Å². The van der Waals surface area contributed by atoms with Crippen LogP contribution in [0.4, 0.5) is 5.82 Å². The zero-order chi connectivity index (χ0) is 18.5. The number of pyridine rings is 1. The molecule has 0 saturated carbocycles. The summed E-state index contributed by atoms with van der Waals surface area (Å²) in [4.78, 5) is 45.5. The lowest BCUT2D eigenvalue weighted by molar-refractivity contribution is -0.156. The Bertz CT molecular complexity index is 670. The molecule has 26 heavy (non-hydrogen) atoms. The molecule has 0 aromatic carbocycles. The molecule has 8 nitrogen and oxygen atoms in total. The Morgan fingerprint density at radius 2 is 1.77 bits per heavy atom. The van der Waals surface area contributed by atoms with Gasteiger partial charge < -0.3 is 20.0 Å².